The summed E-state index contributed by atoms with van der Waals surface area (Å²) in [5.41, 5.74) is -0.212. The molecule has 3 fully saturated rings. The molecule has 22 heavy (non-hydrogen) atoms. The van der Waals surface area contributed by atoms with Crippen LogP contribution in [0.4, 0.5) is 5.95 Å². The highest BCUT2D eigenvalue weighted by Crippen LogP contribution is 2.41. The number of hydrogen-bond acceptors (Lipinski definition) is 5. The predicted molar refractivity (Wildman–Crippen MR) is 81.5 cm³/mol. The molecule has 4 heterocycles. The Hall–Kier alpha value is -1.53. The molecule has 6 heteroatoms. The summed E-state index contributed by atoms with van der Waals surface area (Å²) >= 11 is 0. The van der Waals surface area contributed by atoms with Gasteiger partial charge in [0.1, 0.15) is 0 Å². The summed E-state index contributed by atoms with van der Waals surface area (Å²) in [4.78, 5) is 25.2. The zero-order valence-electron chi connectivity index (χ0n) is 12.8. The van der Waals surface area contributed by atoms with Gasteiger partial charge < -0.3 is 4.74 Å². The van der Waals surface area contributed by atoms with Gasteiger partial charge in [-0.25, -0.2) is 9.97 Å². The fraction of sp³-hybridized carbons (Fsp3) is 0.688. The fourth-order valence-corrected chi connectivity index (χ4v) is 3.99. The lowest BCUT2D eigenvalue weighted by Gasteiger charge is -2.52. The van der Waals surface area contributed by atoms with E-state index in [0.717, 1.165) is 52.0 Å². The second-order valence-corrected chi connectivity index (χ2v) is 6.69. The van der Waals surface area contributed by atoms with Crippen molar-refractivity contribution in [3.05, 3.63) is 18.5 Å². The average molecular weight is 302 g/mol. The van der Waals surface area contributed by atoms with Crippen LogP contribution < -0.4 is 4.90 Å². The Morgan fingerprint density at radius 3 is 2.86 bits per heavy atom. The second kappa shape index (κ2) is 5.59. The highest BCUT2D eigenvalue weighted by Gasteiger charge is 2.55. The standard InChI is InChI=1S/C16H22N4O2/c21-14-16(12-20(14)15-17-6-3-7-18-15)5-2-8-19(11-16)10-13-4-1-9-22-13/h3,6-7,13H,1-2,4-5,8-12H2/t13-,16+/m1/s1. The van der Waals surface area contributed by atoms with Gasteiger partial charge in [-0.15, -0.1) is 0 Å². The molecule has 0 unspecified atom stereocenters. The number of carbonyl (C=O) groups excluding carboxylic acids is 1. The average Bonchev–Trinajstić information content (AvgIpc) is 3.06. The van der Waals surface area contributed by atoms with Crippen LogP contribution in [0.3, 0.4) is 0 Å². The Morgan fingerprint density at radius 2 is 2.14 bits per heavy atom. The van der Waals surface area contributed by atoms with Crippen molar-refractivity contribution >= 4 is 11.9 Å². The van der Waals surface area contributed by atoms with Gasteiger partial charge in [0, 0.05) is 38.6 Å². The smallest absolute Gasteiger partial charge is 0.238 e. The van der Waals surface area contributed by atoms with E-state index in [1.807, 2.05) is 0 Å². The molecular formula is C16H22N4O2. The topological polar surface area (TPSA) is 58.6 Å². The van der Waals surface area contributed by atoms with E-state index in [4.69, 9.17) is 4.74 Å². The lowest BCUT2D eigenvalue weighted by Crippen LogP contribution is -2.68. The summed E-state index contributed by atoms with van der Waals surface area (Å²) in [5.74, 6) is 0.727. The lowest BCUT2D eigenvalue weighted by atomic mass is 9.72. The molecule has 1 amide bonds. The number of anilines is 1. The van der Waals surface area contributed by atoms with E-state index in [1.54, 1.807) is 23.4 Å². The van der Waals surface area contributed by atoms with Crippen LogP contribution in [0.25, 0.3) is 0 Å². The first kappa shape index (κ1) is 14.1. The first-order chi connectivity index (χ1) is 10.8. The number of ether oxygens (including phenoxy) is 1. The van der Waals surface area contributed by atoms with Crippen LogP contribution in [0.1, 0.15) is 25.7 Å². The fourth-order valence-electron chi connectivity index (χ4n) is 3.99. The Balaban J connectivity index is 1.41. The largest absolute Gasteiger partial charge is 0.377 e. The van der Waals surface area contributed by atoms with Gasteiger partial charge in [0.2, 0.25) is 11.9 Å². The van der Waals surface area contributed by atoms with Gasteiger partial charge in [-0.3, -0.25) is 14.6 Å². The molecule has 6 nitrogen and oxygen atoms in total. The van der Waals surface area contributed by atoms with E-state index >= 15 is 0 Å². The van der Waals surface area contributed by atoms with Crippen LogP contribution in [-0.4, -0.2) is 59.7 Å². The van der Waals surface area contributed by atoms with Crippen LogP contribution in [0, 0.1) is 5.41 Å². The van der Waals surface area contributed by atoms with Crippen molar-refractivity contribution in [2.45, 2.75) is 31.8 Å². The number of piperidine rings is 1. The summed E-state index contributed by atoms with van der Waals surface area (Å²) in [5, 5.41) is 0. The van der Waals surface area contributed by atoms with Crippen molar-refractivity contribution in [2.24, 2.45) is 5.41 Å². The van der Waals surface area contributed by atoms with Gasteiger partial charge in [0.15, 0.2) is 0 Å². The molecule has 1 spiro atoms. The maximum Gasteiger partial charge on any atom is 0.238 e. The summed E-state index contributed by atoms with van der Waals surface area (Å²) in [6.45, 7) is 4.54. The molecule has 1 aromatic rings. The van der Waals surface area contributed by atoms with Gasteiger partial charge >= 0.3 is 0 Å². The van der Waals surface area contributed by atoms with Crippen LogP contribution in [0.2, 0.25) is 0 Å². The van der Waals surface area contributed by atoms with Crippen LogP contribution in [-0.2, 0) is 9.53 Å². The monoisotopic (exact) mass is 302 g/mol. The van der Waals surface area contributed by atoms with E-state index in [9.17, 15) is 4.79 Å². The Labute approximate surface area is 130 Å². The Morgan fingerprint density at radius 1 is 1.27 bits per heavy atom. The number of rotatable bonds is 3. The highest BCUT2D eigenvalue weighted by molar-refractivity contribution is 6.03. The highest BCUT2D eigenvalue weighted by atomic mass is 16.5. The minimum Gasteiger partial charge on any atom is -0.377 e. The molecule has 0 N–H and O–H groups in total. The normalized spacial score (nSPS) is 32.5. The van der Waals surface area contributed by atoms with Gasteiger partial charge in [-0.05, 0) is 38.3 Å². The van der Waals surface area contributed by atoms with Gasteiger partial charge in [-0.1, -0.05) is 0 Å². The van der Waals surface area contributed by atoms with E-state index < -0.39 is 0 Å². The Bertz CT molecular complexity index is 546. The molecule has 0 bridgehead atoms. The van der Waals surface area contributed by atoms with Gasteiger partial charge in [0.25, 0.3) is 0 Å². The molecule has 3 aliphatic heterocycles. The minimum absolute atomic E-state index is 0.191. The maximum absolute atomic E-state index is 12.7. The molecule has 0 saturated carbocycles. The molecular weight excluding hydrogens is 280 g/mol. The SMILES string of the molecule is O=C1N(c2ncccn2)C[C@@]12CCCN(C[C@H]1CCCO1)C2. The molecule has 0 aliphatic carbocycles. The summed E-state index contributed by atoms with van der Waals surface area (Å²) in [6, 6.07) is 1.77. The zero-order chi connectivity index (χ0) is 15.0. The van der Waals surface area contributed by atoms with Crippen molar-refractivity contribution in [3.63, 3.8) is 0 Å². The number of β-lactam (4-membered cyclic amide) rings is 1. The number of amides is 1. The Kier molecular flexibility index (Phi) is 3.58. The third-order valence-electron chi connectivity index (χ3n) is 5.09. The third kappa shape index (κ3) is 2.40. The van der Waals surface area contributed by atoms with E-state index in [2.05, 4.69) is 14.9 Å². The molecule has 118 valence electrons. The van der Waals surface area contributed by atoms with E-state index in [-0.39, 0.29) is 11.3 Å². The van der Waals surface area contributed by atoms with Crippen LogP contribution in [0.15, 0.2) is 18.5 Å². The van der Waals surface area contributed by atoms with Crippen molar-refractivity contribution in [1.29, 1.82) is 0 Å². The van der Waals surface area contributed by atoms with Crippen LogP contribution >= 0.6 is 0 Å². The van der Waals surface area contributed by atoms with Gasteiger partial charge in [0.05, 0.1) is 11.5 Å². The molecule has 0 aromatic carbocycles. The minimum atomic E-state index is -0.212. The predicted octanol–water partition coefficient (Wildman–Crippen LogP) is 1.08. The van der Waals surface area contributed by atoms with E-state index in [0.29, 0.717) is 12.1 Å². The number of likely N-dealkylation sites (tertiary alicyclic amines) is 1. The maximum atomic E-state index is 12.7. The summed E-state index contributed by atoms with van der Waals surface area (Å²) < 4.78 is 5.74. The molecule has 4 rings (SSSR count). The van der Waals surface area contributed by atoms with Crippen molar-refractivity contribution in [3.8, 4) is 0 Å². The lowest BCUT2D eigenvalue weighted by molar-refractivity contribution is -0.140. The quantitative estimate of drug-likeness (QED) is 0.782. The first-order valence-electron chi connectivity index (χ1n) is 8.20. The van der Waals surface area contributed by atoms with Gasteiger partial charge in [-0.2, -0.15) is 0 Å². The van der Waals surface area contributed by atoms with Crippen LogP contribution in [0.5, 0.6) is 0 Å². The zero-order valence-corrected chi connectivity index (χ0v) is 12.8. The second-order valence-electron chi connectivity index (χ2n) is 6.69. The third-order valence-corrected chi connectivity index (χ3v) is 5.09. The number of aromatic nitrogens is 2. The van der Waals surface area contributed by atoms with Crippen molar-refractivity contribution in [1.82, 2.24) is 14.9 Å². The molecule has 3 aliphatic rings. The first-order valence-corrected chi connectivity index (χ1v) is 8.20. The molecule has 1 aromatic heterocycles. The molecule has 2 atom stereocenters. The number of carbonyl (C=O) groups is 1. The number of hydrogen-bond donors (Lipinski definition) is 0. The van der Waals surface area contributed by atoms with Crippen molar-refractivity contribution in [2.75, 3.05) is 37.7 Å². The summed E-state index contributed by atoms with van der Waals surface area (Å²) in [7, 11) is 0. The van der Waals surface area contributed by atoms with Crippen molar-refractivity contribution < 1.29 is 9.53 Å². The molecule has 0 radical (unpaired) electrons. The molecule has 3 saturated heterocycles. The van der Waals surface area contributed by atoms with E-state index in [1.165, 1.54) is 6.42 Å². The summed E-state index contributed by atoms with van der Waals surface area (Å²) in [6.07, 6.45) is 8.12. The number of nitrogens with zero attached hydrogens (tertiary/aromatic N) is 4.